The normalized spacial score (nSPS) is 26.0. The molecule has 514 valence electrons. The molecule has 3 aliphatic heterocycles. The number of nitrogens with two attached hydrogens (primary N) is 1. The molecule has 13 N–H and O–H groups in total. The van der Waals surface area contributed by atoms with Crippen LogP contribution in [0.15, 0.2) is 60.7 Å². The molecule has 0 aromatic heterocycles. The van der Waals surface area contributed by atoms with Crippen molar-refractivity contribution < 1.29 is 77.6 Å². The molecule has 0 saturated carbocycles. The van der Waals surface area contributed by atoms with Gasteiger partial charge in [0.2, 0.25) is 59.1 Å². The molecule has 5 rings (SSSR count). The third-order valence-electron chi connectivity index (χ3n) is 16.8. The fourth-order valence-electron chi connectivity index (χ4n) is 11.7. The summed E-state index contributed by atoms with van der Waals surface area (Å²) < 4.78 is 6.11. The van der Waals surface area contributed by atoms with Crippen LogP contribution >= 0.6 is 0 Å². The standard InChI is InChI=1S/C66H99N11O16/c1-39(2)20-10-7-15-25-44-35-54(80)68-49(36-55(81)82)60(86)72-48(34-43-23-13-9-14-24-43)59(85)73-51(38-79)62(88)75-56(41(5)6)65(91)76-30-18-27-52(76)63(89)74-50(37-78)61(87)70-46(32-40(3)4)57(83)71-47(33-42-21-11-8-12-22-42)58(84)69-45(26-16-17-29-67)64(90)77-31-19-28-53(77)66(92)93-44/h8-9,11-14,21-24,39-41,44-53,56,78-79H,7,10,15-20,25-38,67H2,1-6H3,(H,68,80)(H,69,84)(H,70,87)(H,71,83)(H,72,86)(H,73,85)(H,74,89)(H,75,88)(H,81,82). The first kappa shape index (κ1) is 75.7. The van der Waals surface area contributed by atoms with Crippen molar-refractivity contribution in [2.45, 2.75) is 217 Å². The number of fused-ring (bicyclic) bond motifs is 2. The maximum atomic E-state index is 14.9. The van der Waals surface area contributed by atoms with Crippen molar-refractivity contribution in [1.29, 1.82) is 0 Å². The Morgan fingerprint density at radius 1 is 0.527 bits per heavy atom. The van der Waals surface area contributed by atoms with E-state index >= 15 is 0 Å². The number of amides is 10. The Hall–Kier alpha value is -8.04. The fourth-order valence-corrected chi connectivity index (χ4v) is 11.7. The van der Waals surface area contributed by atoms with Crippen molar-refractivity contribution in [1.82, 2.24) is 52.3 Å². The van der Waals surface area contributed by atoms with E-state index in [9.17, 15) is 72.9 Å². The monoisotopic (exact) mass is 1300 g/mol. The number of aliphatic carboxylic acids is 1. The van der Waals surface area contributed by atoms with Crippen LogP contribution in [-0.4, -0.2) is 196 Å². The van der Waals surface area contributed by atoms with Gasteiger partial charge in [0.1, 0.15) is 66.5 Å². The number of ether oxygens (including phenoxy) is 1. The zero-order chi connectivity index (χ0) is 68.3. The molecule has 93 heavy (non-hydrogen) atoms. The number of benzene rings is 2. The molecule has 27 nitrogen and oxygen atoms in total. The number of hydrogen-bond donors (Lipinski definition) is 12. The Morgan fingerprint density at radius 3 is 1.53 bits per heavy atom. The molecule has 2 aromatic carbocycles. The van der Waals surface area contributed by atoms with Crippen molar-refractivity contribution in [2.75, 3.05) is 32.8 Å². The average Bonchev–Trinajstić information content (AvgIpc) is 1.80. The molecule has 0 radical (unpaired) electrons. The molecule has 3 fully saturated rings. The van der Waals surface area contributed by atoms with E-state index in [1.54, 1.807) is 88.4 Å². The third kappa shape index (κ3) is 24.1. The first-order valence-electron chi connectivity index (χ1n) is 32.8. The second kappa shape index (κ2) is 38.2. The number of rotatable bonds is 21. The highest BCUT2D eigenvalue weighted by Crippen LogP contribution is 2.25. The lowest BCUT2D eigenvalue weighted by molar-refractivity contribution is -0.160. The largest absolute Gasteiger partial charge is 0.481 e. The Balaban J connectivity index is 1.57. The summed E-state index contributed by atoms with van der Waals surface area (Å²) in [6.45, 7) is 9.35. The van der Waals surface area contributed by atoms with Crippen LogP contribution in [0.25, 0.3) is 0 Å². The predicted molar refractivity (Wildman–Crippen MR) is 341 cm³/mol. The topological polar surface area (TPSA) is 403 Å². The minimum absolute atomic E-state index is 0.0176. The summed E-state index contributed by atoms with van der Waals surface area (Å²) in [5.74, 6) is -11.7. The van der Waals surface area contributed by atoms with E-state index in [-0.39, 0.29) is 70.5 Å². The molecule has 0 spiro atoms. The maximum absolute atomic E-state index is 14.9. The lowest BCUT2D eigenvalue weighted by Gasteiger charge is -2.32. The molecule has 0 bridgehead atoms. The predicted octanol–water partition coefficient (Wildman–Crippen LogP) is 0.545. The number of aliphatic hydroxyl groups is 2. The molecule has 27 heteroatoms. The Bertz CT molecular complexity index is 2850. The molecule has 2 aromatic rings. The Kier molecular flexibility index (Phi) is 31.1. The molecule has 3 heterocycles. The van der Waals surface area contributed by atoms with Crippen LogP contribution in [0.2, 0.25) is 0 Å². The van der Waals surface area contributed by atoms with Gasteiger partial charge in [-0.2, -0.15) is 0 Å². The van der Waals surface area contributed by atoms with E-state index in [1.807, 2.05) is 0 Å². The number of esters is 1. The number of unbranched alkanes of at least 4 members (excludes halogenated alkanes) is 3. The highest BCUT2D eigenvalue weighted by Gasteiger charge is 2.43. The lowest BCUT2D eigenvalue weighted by Crippen LogP contribution is -2.62. The lowest BCUT2D eigenvalue weighted by atomic mass is 10.00. The highest BCUT2D eigenvalue weighted by atomic mass is 16.5. The number of cyclic esters (lactones) is 1. The van der Waals surface area contributed by atoms with Gasteiger partial charge in [-0.1, -0.05) is 121 Å². The number of carboxylic acid groups (broad SMARTS) is 1. The van der Waals surface area contributed by atoms with Crippen molar-refractivity contribution in [3.8, 4) is 0 Å². The van der Waals surface area contributed by atoms with Gasteiger partial charge in [-0.15, -0.1) is 0 Å². The second-order valence-electron chi connectivity index (χ2n) is 25.6. The summed E-state index contributed by atoms with van der Waals surface area (Å²) in [5, 5.41) is 52.0. The van der Waals surface area contributed by atoms with Crippen LogP contribution < -0.4 is 48.3 Å². The average molecular weight is 1300 g/mol. The zero-order valence-electron chi connectivity index (χ0n) is 54.5. The summed E-state index contributed by atoms with van der Waals surface area (Å²) in [6.07, 6.45) is 1.89. The maximum Gasteiger partial charge on any atom is 0.329 e. The second-order valence-corrected chi connectivity index (χ2v) is 25.6. The number of carbonyl (C=O) groups is 12. The van der Waals surface area contributed by atoms with Crippen LogP contribution in [0.3, 0.4) is 0 Å². The van der Waals surface area contributed by atoms with Crippen molar-refractivity contribution >= 4 is 71.0 Å². The van der Waals surface area contributed by atoms with Gasteiger partial charge in [0.15, 0.2) is 0 Å². The van der Waals surface area contributed by atoms with Crippen molar-refractivity contribution in [2.24, 2.45) is 23.5 Å². The van der Waals surface area contributed by atoms with E-state index in [0.717, 1.165) is 12.8 Å². The number of nitrogens with one attached hydrogen (secondary N) is 8. The number of aliphatic hydroxyl groups excluding tert-OH is 2. The van der Waals surface area contributed by atoms with Gasteiger partial charge < -0.3 is 78.1 Å². The van der Waals surface area contributed by atoms with Gasteiger partial charge in [0.25, 0.3) is 0 Å². The summed E-state index contributed by atoms with van der Waals surface area (Å²) in [4.78, 5) is 173. The molecule has 11 atom stereocenters. The van der Waals surface area contributed by atoms with Crippen molar-refractivity contribution in [3.63, 3.8) is 0 Å². The Morgan fingerprint density at radius 2 is 1.00 bits per heavy atom. The van der Waals surface area contributed by atoms with Gasteiger partial charge in [-0.05, 0) is 99.6 Å². The van der Waals surface area contributed by atoms with Crippen molar-refractivity contribution in [3.05, 3.63) is 71.8 Å². The van der Waals surface area contributed by atoms with Crippen LogP contribution in [0.5, 0.6) is 0 Å². The first-order valence-corrected chi connectivity index (χ1v) is 32.8. The van der Waals surface area contributed by atoms with Crippen LogP contribution in [0.1, 0.15) is 149 Å². The third-order valence-corrected chi connectivity index (χ3v) is 16.8. The highest BCUT2D eigenvalue weighted by molar-refractivity contribution is 5.99. The fraction of sp³-hybridized carbons (Fsp3) is 0.636. The van der Waals surface area contributed by atoms with E-state index < -0.39 is 170 Å². The number of nitrogens with zero attached hydrogens (tertiary/aromatic N) is 2. The smallest absolute Gasteiger partial charge is 0.329 e. The van der Waals surface area contributed by atoms with E-state index in [4.69, 9.17) is 10.5 Å². The summed E-state index contributed by atoms with van der Waals surface area (Å²) >= 11 is 0. The molecule has 3 aliphatic rings. The minimum atomic E-state index is -1.82. The molecule has 10 amide bonds. The molecule has 0 aliphatic carbocycles. The summed E-state index contributed by atoms with van der Waals surface area (Å²) in [7, 11) is 0. The minimum Gasteiger partial charge on any atom is -0.481 e. The zero-order valence-corrected chi connectivity index (χ0v) is 54.5. The molecular weight excluding hydrogens is 1200 g/mol. The van der Waals surface area contributed by atoms with Gasteiger partial charge >= 0.3 is 11.9 Å². The van der Waals surface area contributed by atoms with E-state index in [0.29, 0.717) is 55.6 Å². The number of hydrogen-bond acceptors (Lipinski definition) is 16. The van der Waals surface area contributed by atoms with Gasteiger partial charge in [-0.3, -0.25) is 52.7 Å². The number of carboxylic acids is 1. The van der Waals surface area contributed by atoms with Gasteiger partial charge in [0.05, 0.1) is 26.1 Å². The molecular formula is C66H99N11O16. The first-order chi connectivity index (χ1) is 44.3. The van der Waals surface area contributed by atoms with Crippen LogP contribution in [-0.2, 0) is 75.1 Å². The number of carbonyl (C=O) groups excluding carboxylic acids is 11. The van der Waals surface area contributed by atoms with Gasteiger partial charge in [-0.25, -0.2) is 4.79 Å². The SMILES string of the molecule is CC(C)CCCCCC1CC(=O)NC(CC(=O)O)C(=O)NC(Cc2ccccc2)C(=O)NC(CO)C(=O)NC(C(C)C)C(=O)N2CCCC2C(=O)NC(CO)C(=O)NC(CC(C)C)C(=O)NC(Cc2ccccc2)C(=O)NC(CCCCN)C(=O)N2CCCC2C(=O)O1. The van der Waals surface area contributed by atoms with Crippen LogP contribution in [0, 0.1) is 17.8 Å². The summed E-state index contributed by atoms with van der Waals surface area (Å²) in [5.41, 5.74) is 7.01. The van der Waals surface area contributed by atoms with E-state index in [1.165, 1.54) is 9.80 Å². The van der Waals surface area contributed by atoms with E-state index in [2.05, 4.69) is 56.4 Å². The quantitative estimate of drug-likeness (QED) is 0.0600. The van der Waals surface area contributed by atoms with Gasteiger partial charge in [0, 0.05) is 25.9 Å². The van der Waals surface area contributed by atoms with Crippen LogP contribution in [0.4, 0.5) is 0 Å². The molecule has 11 unspecified atom stereocenters. The molecule has 3 saturated heterocycles. The Labute approximate surface area is 544 Å². The summed E-state index contributed by atoms with van der Waals surface area (Å²) in [6, 6.07) is 2.46.